The van der Waals surface area contributed by atoms with Crippen LogP contribution in [0.15, 0.2) is 0 Å². The van der Waals surface area contributed by atoms with E-state index in [0.29, 0.717) is 25.7 Å². The molecular formula is C8H13ClO3. The van der Waals surface area contributed by atoms with Gasteiger partial charge in [-0.3, -0.25) is 9.59 Å². The molecule has 0 saturated carbocycles. The summed E-state index contributed by atoms with van der Waals surface area (Å²) in [4.78, 5) is 21.3. The lowest BCUT2D eigenvalue weighted by atomic mass is 10.1. The Morgan fingerprint density at radius 3 is 2.33 bits per heavy atom. The van der Waals surface area contributed by atoms with Gasteiger partial charge < -0.3 is 4.74 Å². The number of carbonyl (C=O) groups is 2. The minimum absolute atomic E-state index is 0.0292. The molecule has 0 rings (SSSR count). The maximum atomic E-state index is 10.7. The highest BCUT2D eigenvalue weighted by Crippen LogP contribution is 2.02. The summed E-state index contributed by atoms with van der Waals surface area (Å²) < 4.78 is 4.43. The minimum Gasteiger partial charge on any atom is -0.469 e. The van der Waals surface area contributed by atoms with E-state index in [1.54, 1.807) is 0 Å². The summed E-state index contributed by atoms with van der Waals surface area (Å²) in [5, 5.41) is 0. The first-order chi connectivity index (χ1) is 5.70. The normalized spacial score (nSPS) is 9.50. The van der Waals surface area contributed by atoms with Crippen molar-refractivity contribution in [2.24, 2.45) is 0 Å². The van der Waals surface area contributed by atoms with Gasteiger partial charge in [0.25, 0.3) is 0 Å². The van der Waals surface area contributed by atoms with Crippen molar-refractivity contribution in [3.05, 3.63) is 0 Å². The molecule has 0 atom stereocenters. The van der Waals surface area contributed by atoms with Crippen molar-refractivity contribution in [1.82, 2.24) is 0 Å². The second-order valence-electron chi connectivity index (χ2n) is 2.46. The van der Waals surface area contributed by atoms with Crippen LogP contribution in [-0.4, -0.2) is 24.7 Å². The molecule has 0 aromatic heterocycles. The molecule has 3 nitrogen and oxygen atoms in total. The number of esters is 1. The molecular weight excluding hydrogens is 180 g/mol. The number of hydrogen-bond donors (Lipinski definition) is 0. The third-order valence-corrected chi connectivity index (χ3v) is 1.76. The molecule has 0 saturated heterocycles. The van der Waals surface area contributed by atoms with Gasteiger partial charge in [0.2, 0.25) is 0 Å². The molecule has 0 aliphatic heterocycles. The first kappa shape index (κ1) is 11.4. The molecule has 0 heterocycles. The quantitative estimate of drug-likeness (QED) is 0.364. The van der Waals surface area contributed by atoms with Gasteiger partial charge in [0.1, 0.15) is 5.78 Å². The van der Waals surface area contributed by atoms with Crippen molar-refractivity contribution < 1.29 is 14.3 Å². The molecule has 0 spiro atoms. The van der Waals surface area contributed by atoms with Gasteiger partial charge in [0.05, 0.1) is 13.0 Å². The maximum Gasteiger partial charge on any atom is 0.305 e. The predicted molar refractivity (Wildman–Crippen MR) is 46.2 cm³/mol. The van der Waals surface area contributed by atoms with Gasteiger partial charge in [-0.1, -0.05) is 0 Å². The van der Waals surface area contributed by atoms with Crippen molar-refractivity contribution in [3.63, 3.8) is 0 Å². The second kappa shape index (κ2) is 7.10. The largest absolute Gasteiger partial charge is 0.469 e. The van der Waals surface area contributed by atoms with Crippen molar-refractivity contribution in [1.29, 1.82) is 0 Å². The number of unbranched alkanes of at least 4 members (excludes halogenated alkanes) is 1. The van der Waals surface area contributed by atoms with Gasteiger partial charge in [-0.15, -0.1) is 11.6 Å². The molecule has 0 amide bonds. The van der Waals surface area contributed by atoms with E-state index in [-0.39, 0.29) is 17.6 Å². The molecule has 0 N–H and O–H groups in total. The van der Waals surface area contributed by atoms with Crippen LogP contribution in [0.2, 0.25) is 0 Å². The number of methoxy groups -OCH3 is 1. The second-order valence-corrected chi connectivity index (χ2v) is 2.72. The molecule has 0 unspecified atom stereocenters. The van der Waals surface area contributed by atoms with E-state index in [4.69, 9.17) is 11.6 Å². The van der Waals surface area contributed by atoms with Crippen molar-refractivity contribution in [2.75, 3.05) is 13.0 Å². The summed E-state index contributed by atoms with van der Waals surface area (Å²) in [7, 11) is 1.35. The maximum absolute atomic E-state index is 10.7. The summed E-state index contributed by atoms with van der Waals surface area (Å²) in [6, 6.07) is 0. The van der Waals surface area contributed by atoms with Gasteiger partial charge in [-0.25, -0.2) is 0 Å². The van der Waals surface area contributed by atoms with Crippen LogP contribution in [-0.2, 0) is 14.3 Å². The Kier molecular flexibility index (Phi) is 6.76. The van der Waals surface area contributed by atoms with Crippen LogP contribution in [0.5, 0.6) is 0 Å². The molecule has 0 bridgehead atoms. The lowest BCUT2D eigenvalue weighted by molar-refractivity contribution is -0.140. The topological polar surface area (TPSA) is 43.4 Å². The lowest BCUT2D eigenvalue weighted by Crippen LogP contribution is -2.02. The fourth-order valence-corrected chi connectivity index (χ4v) is 0.894. The summed E-state index contributed by atoms with van der Waals surface area (Å²) in [6.07, 6.45) is 2.24. The Balaban J connectivity index is 3.21. The average molecular weight is 193 g/mol. The lowest BCUT2D eigenvalue weighted by Gasteiger charge is -1.97. The van der Waals surface area contributed by atoms with Crippen LogP contribution >= 0.6 is 11.6 Å². The average Bonchev–Trinajstić information content (AvgIpc) is 2.11. The van der Waals surface area contributed by atoms with E-state index in [1.807, 2.05) is 0 Å². The smallest absolute Gasteiger partial charge is 0.305 e. The van der Waals surface area contributed by atoms with E-state index >= 15 is 0 Å². The Morgan fingerprint density at radius 1 is 1.25 bits per heavy atom. The van der Waals surface area contributed by atoms with Gasteiger partial charge in [0, 0.05) is 12.8 Å². The molecule has 0 aliphatic carbocycles. The monoisotopic (exact) mass is 192 g/mol. The molecule has 12 heavy (non-hydrogen) atoms. The zero-order chi connectivity index (χ0) is 9.40. The van der Waals surface area contributed by atoms with Crippen molar-refractivity contribution >= 4 is 23.4 Å². The van der Waals surface area contributed by atoms with E-state index in [0.717, 1.165) is 0 Å². The van der Waals surface area contributed by atoms with E-state index in [1.165, 1.54) is 7.11 Å². The number of alkyl halides is 1. The number of hydrogen-bond acceptors (Lipinski definition) is 3. The number of ether oxygens (including phenoxy) is 1. The van der Waals surface area contributed by atoms with E-state index in [2.05, 4.69) is 4.74 Å². The summed E-state index contributed by atoms with van der Waals surface area (Å²) in [5.41, 5.74) is 0. The van der Waals surface area contributed by atoms with Crippen LogP contribution in [0.4, 0.5) is 0 Å². The molecule has 0 aromatic carbocycles. The van der Waals surface area contributed by atoms with Crippen LogP contribution in [0.1, 0.15) is 25.7 Å². The molecule has 0 fully saturated rings. The zero-order valence-electron chi connectivity index (χ0n) is 7.14. The van der Waals surface area contributed by atoms with E-state index in [9.17, 15) is 9.59 Å². The molecule has 0 aliphatic rings. The highest BCUT2D eigenvalue weighted by Gasteiger charge is 2.02. The summed E-state index contributed by atoms with van der Waals surface area (Å²) in [6.45, 7) is 0. The number of halogens is 1. The number of ketones is 1. The predicted octanol–water partition coefficient (Wildman–Crippen LogP) is 1.53. The van der Waals surface area contributed by atoms with Crippen LogP contribution < -0.4 is 0 Å². The van der Waals surface area contributed by atoms with Crippen LogP contribution in [0.25, 0.3) is 0 Å². The summed E-state index contributed by atoms with van der Waals surface area (Å²) in [5.74, 6) is -0.132. The van der Waals surface area contributed by atoms with Gasteiger partial charge in [-0.05, 0) is 12.8 Å². The van der Waals surface area contributed by atoms with Crippen LogP contribution in [0.3, 0.4) is 0 Å². The fraction of sp³-hybridized carbons (Fsp3) is 0.750. The molecule has 70 valence electrons. The van der Waals surface area contributed by atoms with Crippen LogP contribution in [0, 0.1) is 0 Å². The first-order valence-corrected chi connectivity index (χ1v) is 4.38. The SMILES string of the molecule is COC(=O)CCCCC(=O)CCl. The third kappa shape index (κ3) is 6.16. The van der Waals surface area contributed by atoms with E-state index < -0.39 is 0 Å². The molecule has 4 heteroatoms. The minimum atomic E-state index is -0.228. The van der Waals surface area contributed by atoms with Gasteiger partial charge in [-0.2, -0.15) is 0 Å². The Hall–Kier alpha value is -0.570. The van der Waals surface area contributed by atoms with Crippen molar-refractivity contribution in [3.8, 4) is 0 Å². The standard InChI is InChI=1S/C8H13ClO3/c1-12-8(11)5-3-2-4-7(10)6-9/h2-6H2,1H3. The Labute approximate surface area is 77.0 Å². The zero-order valence-corrected chi connectivity index (χ0v) is 7.89. The summed E-state index contributed by atoms with van der Waals surface area (Å²) >= 11 is 5.28. The van der Waals surface area contributed by atoms with Crippen molar-refractivity contribution in [2.45, 2.75) is 25.7 Å². The highest BCUT2D eigenvalue weighted by atomic mass is 35.5. The number of rotatable bonds is 6. The third-order valence-electron chi connectivity index (χ3n) is 1.46. The van der Waals surface area contributed by atoms with Gasteiger partial charge >= 0.3 is 5.97 Å². The Bertz CT molecular complexity index is 138. The molecule has 0 aromatic rings. The Morgan fingerprint density at radius 2 is 1.83 bits per heavy atom. The molecule has 0 radical (unpaired) electrons. The highest BCUT2D eigenvalue weighted by molar-refractivity contribution is 6.27. The first-order valence-electron chi connectivity index (χ1n) is 3.85. The number of Topliss-reactive ketones (excluding diaryl/α,β-unsaturated/α-hetero) is 1. The van der Waals surface area contributed by atoms with Gasteiger partial charge in [0.15, 0.2) is 0 Å². The fourth-order valence-electron chi connectivity index (χ4n) is 0.760. The number of carbonyl (C=O) groups excluding carboxylic acids is 2.